The van der Waals surface area contributed by atoms with Gasteiger partial charge in [0.2, 0.25) is 5.88 Å². The fourth-order valence-electron chi connectivity index (χ4n) is 2.08. The van der Waals surface area contributed by atoms with Gasteiger partial charge in [0.15, 0.2) is 5.82 Å². The summed E-state index contributed by atoms with van der Waals surface area (Å²) in [4.78, 5) is 8.59. The topological polar surface area (TPSA) is 82.3 Å². The van der Waals surface area contributed by atoms with Gasteiger partial charge in [-0.05, 0) is 37.3 Å². The van der Waals surface area contributed by atoms with Crippen LogP contribution in [0.1, 0.15) is 6.92 Å². The highest BCUT2D eigenvalue weighted by molar-refractivity contribution is 5.59. The van der Waals surface area contributed by atoms with E-state index in [0.29, 0.717) is 18.3 Å². The van der Waals surface area contributed by atoms with Crippen molar-refractivity contribution < 1.29 is 14.6 Å². The fraction of sp³-hybridized carbons (Fsp3) is 0.188. The van der Waals surface area contributed by atoms with Gasteiger partial charge in [-0.1, -0.05) is 0 Å². The van der Waals surface area contributed by atoms with Crippen molar-refractivity contribution in [2.45, 2.75) is 6.92 Å². The minimum atomic E-state index is 0.191. The molecule has 0 aliphatic rings. The number of methoxy groups -OCH3 is 1. The molecule has 0 saturated heterocycles. The number of ether oxygens (including phenoxy) is 2. The number of phenols is 1. The Bertz CT molecular complexity index is 782. The van der Waals surface area contributed by atoms with Crippen LogP contribution in [0.4, 0.5) is 0 Å². The van der Waals surface area contributed by atoms with Crippen LogP contribution >= 0.6 is 0 Å². The normalized spacial score (nSPS) is 10.5. The molecule has 1 aromatic carbocycles. The summed E-state index contributed by atoms with van der Waals surface area (Å²) in [5, 5.41) is 13.8. The van der Waals surface area contributed by atoms with E-state index in [1.807, 2.05) is 13.0 Å². The summed E-state index contributed by atoms with van der Waals surface area (Å²) in [7, 11) is 1.56. The predicted octanol–water partition coefficient (Wildman–Crippen LogP) is 2.44. The average molecular weight is 312 g/mol. The van der Waals surface area contributed by atoms with Crippen LogP contribution in [-0.4, -0.2) is 38.6 Å². The zero-order valence-electron chi connectivity index (χ0n) is 12.8. The van der Waals surface area contributed by atoms with E-state index in [0.717, 1.165) is 11.3 Å². The molecule has 0 radical (unpaired) electrons. The molecule has 7 heteroatoms. The lowest BCUT2D eigenvalue weighted by molar-refractivity contribution is 0.312. The van der Waals surface area contributed by atoms with Crippen molar-refractivity contribution in [3.05, 3.63) is 42.6 Å². The molecule has 0 fully saturated rings. The summed E-state index contributed by atoms with van der Waals surface area (Å²) in [6.07, 6.45) is 1.65. The van der Waals surface area contributed by atoms with Crippen LogP contribution in [0, 0.1) is 0 Å². The van der Waals surface area contributed by atoms with Gasteiger partial charge in [0, 0.05) is 11.6 Å². The fourth-order valence-corrected chi connectivity index (χ4v) is 2.08. The van der Waals surface area contributed by atoms with E-state index in [-0.39, 0.29) is 11.8 Å². The number of pyridine rings is 1. The molecular formula is C16H16N4O3. The van der Waals surface area contributed by atoms with E-state index in [1.54, 1.807) is 48.3 Å². The van der Waals surface area contributed by atoms with Crippen LogP contribution in [0.5, 0.6) is 17.6 Å². The maximum atomic E-state index is 9.45. The van der Waals surface area contributed by atoms with Gasteiger partial charge in [0.05, 0.1) is 25.6 Å². The first kappa shape index (κ1) is 14.8. The van der Waals surface area contributed by atoms with Gasteiger partial charge in [-0.2, -0.15) is 4.98 Å². The summed E-state index contributed by atoms with van der Waals surface area (Å²) in [6, 6.07) is 10.6. The molecule has 2 heterocycles. The first-order valence-electron chi connectivity index (χ1n) is 7.11. The number of aromatic nitrogens is 4. The Morgan fingerprint density at radius 3 is 2.52 bits per heavy atom. The highest BCUT2D eigenvalue weighted by Crippen LogP contribution is 2.25. The largest absolute Gasteiger partial charge is 0.508 e. The Hall–Kier alpha value is -3.09. The van der Waals surface area contributed by atoms with E-state index in [9.17, 15) is 5.11 Å². The molecule has 118 valence electrons. The second kappa shape index (κ2) is 6.35. The van der Waals surface area contributed by atoms with Gasteiger partial charge in [-0.25, -0.2) is 9.67 Å². The lowest BCUT2D eigenvalue weighted by Crippen LogP contribution is -2.01. The van der Waals surface area contributed by atoms with Gasteiger partial charge in [0.25, 0.3) is 0 Å². The van der Waals surface area contributed by atoms with Gasteiger partial charge in [0.1, 0.15) is 5.75 Å². The highest BCUT2D eigenvalue weighted by atomic mass is 16.5. The van der Waals surface area contributed by atoms with Gasteiger partial charge in [-0.3, -0.25) is 0 Å². The van der Waals surface area contributed by atoms with Gasteiger partial charge >= 0.3 is 6.01 Å². The summed E-state index contributed by atoms with van der Waals surface area (Å²) in [5.74, 6) is 1.31. The minimum absolute atomic E-state index is 0.191. The number of phenolic OH excluding ortho intramolecular Hbond substituents is 1. The summed E-state index contributed by atoms with van der Waals surface area (Å²) in [6.45, 7) is 2.34. The number of hydrogen-bond donors (Lipinski definition) is 1. The standard InChI is InChI=1S/C16H16N4O3/c1-3-23-16-18-15(11-4-7-13(21)8-5-11)20(19-16)12-6-9-14(22-2)17-10-12/h4-10,21H,3H2,1-2H3. The zero-order valence-corrected chi connectivity index (χ0v) is 12.8. The van der Waals surface area contributed by atoms with E-state index >= 15 is 0 Å². The summed E-state index contributed by atoms with van der Waals surface area (Å²) < 4.78 is 12.1. The number of aromatic hydroxyl groups is 1. The molecule has 23 heavy (non-hydrogen) atoms. The van der Waals surface area contributed by atoms with E-state index in [4.69, 9.17) is 9.47 Å². The van der Waals surface area contributed by atoms with Crippen molar-refractivity contribution in [3.63, 3.8) is 0 Å². The van der Waals surface area contributed by atoms with Crippen molar-refractivity contribution in [1.82, 2.24) is 19.7 Å². The molecule has 0 aliphatic carbocycles. The van der Waals surface area contributed by atoms with Crippen molar-refractivity contribution in [1.29, 1.82) is 0 Å². The molecule has 1 N–H and O–H groups in total. The second-order valence-electron chi connectivity index (χ2n) is 4.67. The summed E-state index contributed by atoms with van der Waals surface area (Å²) >= 11 is 0. The first-order valence-corrected chi connectivity index (χ1v) is 7.11. The second-order valence-corrected chi connectivity index (χ2v) is 4.67. The third-order valence-corrected chi connectivity index (χ3v) is 3.16. The van der Waals surface area contributed by atoms with Crippen molar-refractivity contribution in [2.24, 2.45) is 0 Å². The molecule has 0 unspecified atom stereocenters. The predicted molar refractivity (Wildman–Crippen MR) is 84.0 cm³/mol. The first-order chi connectivity index (χ1) is 11.2. The Labute approximate surface area is 133 Å². The Morgan fingerprint density at radius 2 is 1.91 bits per heavy atom. The quantitative estimate of drug-likeness (QED) is 0.779. The molecule has 0 spiro atoms. The number of hydrogen-bond acceptors (Lipinski definition) is 6. The van der Waals surface area contributed by atoms with Crippen LogP contribution in [0.15, 0.2) is 42.6 Å². The monoisotopic (exact) mass is 312 g/mol. The Balaban J connectivity index is 2.08. The molecule has 2 aromatic heterocycles. The lowest BCUT2D eigenvalue weighted by atomic mass is 10.2. The van der Waals surface area contributed by atoms with Crippen LogP contribution in [0.2, 0.25) is 0 Å². The highest BCUT2D eigenvalue weighted by Gasteiger charge is 2.15. The van der Waals surface area contributed by atoms with Crippen LogP contribution < -0.4 is 9.47 Å². The van der Waals surface area contributed by atoms with E-state index < -0.39 is 0 Å². The van der Waals surface area contributed by atoms with E-state index in [2.05, 4.69) is 15.1 Å². The smallest absolute Gasteiger partial charge is 0.336 e. The third-order valence-electron chi connectivity index (χ3n) is 3.16. The minimum Gasteiger partial charge on any atom is -0.508 e. The average Bonchev–Trinajstić information content (AvgIpc) is 3.00. The molecule has 0 bridgehead atoms. The summed E-state index contributed by atoms with van der Waals surface area (Å²) in [5.41, 5.74) is 1.53. The number of nitrogens with zero attached hydrogens (tertiary/aromatic N) is 4. The van der Waals surface area contributed by atoms with E-state index in [1.165, 1.54) is 0 Å². The molecule has 0 saturated carbocycles. The van der Waals surface area contributed by atoms with Gasteiger partial charge < -0.3 is 14.6 Å². The van der Waals surface area contributed by atoms with Crippen molar-refractivity contribution >= 4 is 0 Å². The Morgan fingerprint density at radius 1 is 1.13 bits per heavy atom. The molecule has 7 nitrogen and oxygen atoms in total. The molecule has 0 amide bonds. The molecule has 3 aromatic rings. The maximum absolute atomic E-state index is 9.45. The number of benzene rings is 1. The SMILES string of the molecule is CCOc1nc(-c2ccc(O)cc2)n(-c2ccc(OC)nc2)n1. The van der Waals surface area contributed by atoms with Crippen molar-refractivity contribution in [2.75, 3.05) is 13.7 Å². The Kier molecular flexibility index (Phi) is 4.09. The van der Waals surface area contributed by atoms with Crippen molar-refractivity contribution in [3.8, 4) is 34.7 Å². The van der Waals surface area contributed by atoms with Crippen LogP contribution in [0.3, 0.4) is 0 Å². The van der Waals surface area contributed by atoms with Gasteiger partial charge in [-0.15, -0.1) is 5.10 Å². The molecule has 3 rings (SSSR count). The lowest BCUT2D eigenvalue weighted by Gasteiger charge is -2.06. The zero-order chi connectivity index (χ0) is 16.2. The molecule has 0 aliphatic heterocycles. The van der Waals surface area contributed by atoms with Crippen LogP contribution in [0.25, 0.3) is 17.1 Å². The third kappa shape index (κ3) is 3.08. The maximum Gasteiger partial charge on any atom is 0.336 e. The number of rotatable bonds is 5. The molecular weight excluding hydrogens is 296 g/mol. The van der Waals surface area contributed by atoms with Crippen LogP contribution in [-0.2, 0) is 0 Å². The molecule has 0 atom stereocenters.